The standard InChI is InChI=1S/C9H11.3C7H6O2.Zr/c1-2-5-9-7-3-6-8(9)4-1;3*8-7(9)6-4-2-1-3-5-6;/h1-2,4-6,8-9H,3,7H2;3*1-5H,(H,8,9);/q;;;;+3/p-3. The number of carboxylic acid groups (broad SMARTS) is 3. The Balaban J connectivity index is 0.000000174. The van der Waals surface area contributed by atoms with E-state index < -0.39 is 17.9 Å². The molecular weight excluding hydrogens is 548 g/mol. The normalized spacial score (nSPS) is 18.4. The van der Waals surface area contributed by atoms with Crippen molar-refractivity contribution in [2.24, 2.45) is 11.8 Å². The van der Waals surface area contributed by atoms with Crippen LogP contribution < -0.4 is 15.3 Å². The van der Waals surface area contributed by atoms with E-state index in [0.29, 0.717) is 0 Å². The van der Waals surface area contributed by atoms with Crippen molar-refractivity contribution in [3.8, 4) is 0 Å². The average Bonchev–Trinajstić information content (AvgIpc) is 3.32. The first kappa shape index (κ1) is 29.7. The van der Waals surface area contributed by atoms with Crippen LogP contribution >= 0.6 is 0 Å². The van der Waals surface area contributed by atoms with Crippen LogP contribution in [0, 0.1) is 11.8 Å². The van der Waals surface area contributed by atoms with Crippen LogP contribution in [0.15, 0.2) is 115 Å². The van der Waals surface area contributed by atoms with E-state index in [9.17, 15) is 29.7 Å². The Hall–Kier alpha value is -3.57. The fourth-order valence-corrected chi connectivity index (χ4v) is 4.97. The quantitative estimate of drug-likeness (QED) is 0.475. The number of hydrogen-bond donors (Lipinski definition) is 0. The molecule has 1 fully saturated rings. The van der Waals surface area contributed by atoms with E-state index in [1.165, 1.54) is 49.2 Å². The zero-order chi connectivity index (χ0) is 27.0. The van der Waals surface area contributed by atoms with E-state index in [2.05, 4.69) is 24.3 Å². The number of benzene rings is 3. The van der Waals surface area contributed by atoms with Crippen molar-refractivity contribution in [3.05, 3.63) is 132 Å². The Morgan fingerprint density at radius 3 is 1.22 bits per heavy atom. The third kappa shape index (κ3) is 10.9. The van der Waals surface area contributed by atoms with Gasteiger partial charge in [0.2, 0.25) is 0 Å². The van der Waals surface area contributed by atoms with Gasteiger partial charge in [0, 0.05) is 0 Å². The van der Waals surface area contributed by atoms with Gasteiger partial charge in [0.25, 0.3) is 0 Å². The summed E-state index contributed by atoms with van der Waals surface area (Å²) in [5.41, 5.74) is 0.660. The predicted molar refractivity (Wildman–Crippen MR) is 131 cm³/mol. The van der Waals surface area contributed by atoms with Gasteiger partial charge in [-0.05, 0) is 16.7 Å². The monoisotopic (exact) mass is 572 g/mol. The molecule has 3 aromatic carbocycles. The van der Waals surface area contributed by atoms with Gasteiger partial charge in [-0.2, -0.15) is 0 Å². The van der Waals surface area contributed by atoms with Gasteiger partial charge in [-0.15, -0.1) is 0 Å². The maximum absolute atomic E-state index is 10.1. The predicted octanol–water partition coefficient (Wildman–Crippen LogP) is 2.62. The van der Waals surface area contributed by atoms with Gasteiger partial charge in [0.1, 0.15) is 0 Å². The number of carboxylic acids is 3. The zero-order valence-electron chi connectivity index (χ0n) is 20.1. The number of aromatic carboxylic acids is 3. The van der Waals surface area contributed by atoms with Crippen molar-refractivity contribution in [1.82, 2.24) is 0 Å². The van der Waals surface area contributed by atoms with Crippen LogP contribution in [0.25, 0.3) is 0 Å². The summed E-state index contributed by atoms with van der Waals surface area (Å²) < 4.78 is 1.01. The first-order valence-electron chi connectivity index (χ1n) is 11.6. The number of carbonyl (C=O) groups is 3. The minimum absolute atomic E-state index is 0.220. The van der Waals surface area contributed by atoms with Crippen LogP contribution in [0.1, 0.15) is 43.9 Å². The summed E-state index contributed by atoms with van der Waals surface area (Å²) >= 11 is 1.73. The molecule has 3 atom stereocenters. The molecule has 0 aliphatic heterocycles. The Morgan fingerprint density at radius 2 is 0.919 bits per heavy atom. The van der Waals surface area contributed by atoms with Crippen LogP contribution in [-0.2, 0) is 24.7 Å². The van der Waals surface area contributed by atoms with Crippen LogP contribution in [0.5, 0.6) is 0 Å². The van der Waals surface area contributed by atoms with Gasteiger partial charge in [0.15, 0.2) is 0 Å². The molecule has 0 aromatic heterocycles. The summed E-state index contributed by atoms with van der Waals surface area (Å²) in [7, 11) is 0. The molecule has 7 heteroatoms. The SMILES string of the molecule is O=C([O-])c1ccccc1.O=C([O-])c1ccccc1.O=C([O-])c1ccccc1.[Zr+3][CH]1CCC2C=CC=CC12. The van der Waals surface area contributed by atoms with Crippen molar-refractivity contribution in [1.29, 1.82) is 0 Å². The van der Waals surface area contributed by atoms with Gasteiger partial charge < -0.3 is 29.7 Å². The third-order valence-corrected chi connectivity index (χ3v) is 7.26. The fourth-order valence-electron chi connectivity index (χ4n) is 3.68. The van der Waals surface area contributed by atoms with E-state index >= 15 is 0 Å². The van der Waals surface area contributed by atoms with Crippen LogP contribution in [0.4, 0.5) is 0 Å². The van der Waals surface area contributed by atoms with Crippen molar-refractivity contribution < 1.29 is 54.4 Å². The summed E-state index contributed by atoms with van der Waals surface area (Å²) in [6, 6.07) is 24.2. The number of hydrogen-bond acceptors (Lipinski definition) is 6. The van der Waals surface area contributed by atoms with Crippen molar-refractivity contribution in [3.63, 3.8) is 0 Å². The topological polar surface area (TPSA) is 120 Å². The third-order valence-electron chi connectivity index (χ3n) is 5.60. The Bertz CT molecular complexity index is 1060. The van der Waals surface area contributed by atoms with E-state index in [1.54, 1.807) is 79.3 Å². The van der Waals surface area contributed by atoms with Crippen molar-refractivity contribution in [2.45, 2.75) is 16.5 Å². The van der Waals surface area contributed by atoms with E-state index in [1.807, 2.05) is 0 Å². The number of carbonyl (C=O) groups excluding carboxylic acids is 3. The van der Waals surface area contributed by atoms with Crippen molar-refractivity contribution >= 4 is 17.9 Å². The van der Waals surface area contributed by atoms with Gasteiger partial charge in [-0.1, -0.05) is 91.0 Å². The average molecular weight is 574 g/mol. The zero-order valence-corrected chi connectivity index (χ0v) is 22.5. The summed E-state index contributed by atoms with van der Waals surface area (Å²) in [5.74, 6) is -1.58. The van der Waals surface area contributed by atoms with Gasteiger partial charge >= 0.3 is 77.3 Å². The molecule has 0 radical (unpaired) electrons. The summed E-state index contributed by atoms with van der Waals surface area (Å²) in [6.07, 6.45) is 12.1. The van der Waals surface area contributed by atoms with Crippen LogP contribution in [0.3, 0.4) is 0 Å². The molecule has 0 saturated heterocycles. The summed E-state index contributed by atoms with van der Waals surface area (Å²) in [4.78, 5) is 30.3. The molecule has 2 aliphatic carbocycles. The van der Waals surface area contributed by atoms with E-state index in [4.69, 9.17) is 0 Å². The number of rotatable bonds is 3. The molecule has 0 N–H and O–H groups in total. The molecule has 5 rings (SSSR count). The second-order valence-corrected chi connectivity index (χ2v) is 9.98. The van der Waals surface area contributed by atoms with Crippen molar-refractivity contribution in [2.75, 3.05) is 0 Å². The van der Waals surface area contributed by atoms with Crippen LogP contribution in [-0.4, -0.2) is 17.9 Å². The Morgan fingerprint density at radius 1 is 0.568 bits per heavy atom. The molecule has 3 unspecified atom stereocenters. The molecule has 3 aromatic rings. The molecule has 0 bridgehead atoms. The second kappa shape index (κ2) is 16.2. The second-order valence-electron chi connectivity index (χ2n) is 8.16. The minimum atomic E-state index is -1.13. The maximum atomic E-state index is 10.1. The molecule has 0 heterocycles. The molecule has 0 amide bonds. The van der Waals surface area contributed by atoms with E-state index in [0.717, 1.165) is 15.5 Å². The first-order valence-corrected chi connectivity index (χ1v) is 13.1. The van der Waals surface area contributed by atoms with Gasteiger partial charge in [0.05, 0.1) is 17.9 Å². The number of fused-ring (bicyclic) bond motifs is 1. The van der Waals surface area contributed by atoms with Gasteiger partial charge in [-0.3, -0.25) is 0 Å². The number of allylic oxidation sites excluding steroid dienone is 4. The molecule has 6 nitrogen and oxygen atoms in total. The Labute approximate surface area is 231 Å². The molecule has 0 spiro atoms. The molecule has 2 aliphatic rings. The Kier molecular flexibility index (Phi) is 13.0. The fraction of sp³-hybridized carbons (Fsp3) is 0.167. The van der Waals surface area contributed by atoms with Gasteiger partial charge in [-0.25, -0.2) is 0 Å². The molecule has 37 heavy (non-hydrogen) atoms. The van der Waals surface area contributed by atoms with Crippen LogP contribution in [0.2, 0.25) is 3.63 Å². The molecular formula is C30H26O6Zr. The molecule has 1 saturated carbocycles. The first-order chi connectivity index (χ1) is 17.8. The molecule has 186 valence electrons. The summed E-state index contributed by atoms with van der Waals surface area (Å²) in [6.45, 7) is 0. The summed E-state index contributed by atoms with van der Waals surface area (Å²) in [5, 5.41) is 30.3. The van der Waals surface area contributed by atoms with E-state index in [-0.39, 0.29) is 16.7 Å².